The molecule has 134 valence electrons. The van der Waals surface area contributed by atoms with E-state index in [4.69, 9.17) is 4.98 Å². The van der Waals surface area contributed by atoms with Crippen LogP contribution < -0.4 is 5.43 Å². The Kier molecular flexibility index (Phi) is 5.07. The molecule has 0 aliphatic heterocycles. The third-order valence-corrected chi connectivity index (χ3v) is 4.97. The molecule has 2 heterocycles. The summed E-state index contributed by atoms with van der Waals surface area (Å²) >= 11 is 1.57. The lowest BCUT2D eigenvalue weighted by Gasteiger charge is -2.08. The van der Waals surface area contributed by atoms with E-state index in [1.807, 2.05) is 64.5 Å². The van der Waals surface area contributed by atoms with Crippen molar-refractivity contribution in [1.29, 1.82) is 0 Å². The van der Waals surface area contributed by atoms with E-state index in [-0.39, 0.29) is 12.5 Å². The minimum Gasteiger partial charge on any atom is -0.318 e. The van der Waals surface area contributed by atoms with E-state index in [1.54, 1.807) is 17.6 Å². The van der Waals surface area contributed by atoms with Gasteiger partial charge in [-0.15, -0.1) is 11.3 Å². The molecule has 0 fully saturated rings. The summed E-state index contributed by atoms with van der Waals surface area (Å²) < 4.78 is 1.96. The lowest BCUT2D eigenvalue weighted by molar-refractivity contribution is -0.121. The number of benzene rings is 2. The quantitative estimate of drug-likeness (QED) is 0.412. The van der Waals surface area contributed by atoms with E-state index < -0.39 is 0 Å². The topological polar surface area (TPSA) is 59.3 Å². The highest BCUT2D eigenvalue weighted by Crippen LogP contribution is 2.18. The summed E-state index contributed by atoms with van der Waals surface area (Å²) in [7, 11) is 0. The number of carbonyl (C=O) groups excluding carboxylic acids is 1. The van der Waals surface area contributed by atoms with Crippen LogP contribution in [0.15, 0.2) is 77.2 Å². The van der Waals surface area contributed by atoms with E-state index >= 15 is 0 Å². The molecule has 0 radical (unpaired) electrons. The second-order valence-corrected chi connectivity index (χ2v) is 7.05. The molecule has 1 amide bonds. The van der Waals surface area contributed by atoms with E-state index in [0.717, 1.165) is 27.3 Å². The molecule has 27 heavy (non-hydrogen) atoms. The molecule has 2 aromatic heterocycles. The maximum absolute atomic E-state index is 12.4. The number of nitrogens with zero attached hydrogens (tertiary/aromatic N) is 3. The first kappa shape index (κ1) is 17.2. The van der Waals surface area contributed by atoms with E-state index in [9.17, 15) is 4.79 Å². The summed E-state index contributed by atoms with van der Waals surface area (Å²) in [4.78, 5) is 18.1. The smallest absolute Gasteiger partial charge is 0.260 e. The molecule has 0 spiro atoms. The van der Waals surface area contributed by atoms with E-state index in [0.29, 0.717) is 6.42 Å². The summed E-state index contributed by atoms with van der Waals surface area (Å²) in [6, 6.07) is 21.9. The molecule has 0 aliphatic rings. The van der Waals surface area contributed by atoms with Crippen molar-refractivity contribution in [2.24, 2.45) is 5.10 Å². The zero-order chi connectivity index (χ0) is 18.5. The largest absolute Gasteiger partial charge is 0.318 e. The number of fused-ring (bicyclic) bond motifs is 1. The predicted octanol–water partition coefficient (Wildman–Crippen LogP) is 3.84. The fourth-order valence-corrected chi connectivity index (χ4v) is 3.51. The van der Waals surface area contributed by atoms with Crippen LogP contribution in [0.1, 0.15) is 16.3 Å². The third kappa shape index (κ3) is 4.12. The van der Waals surface area contributed by atoms with Gasteiger partial charge >= 0.3 is 0 Å². The number of rotatable bonds is 6. The van der Waals surface area contributed by atoms with Crippen LogP contribution in [0.5, 0.6) is 0 Å². The van der Waals surface area contributed by atoms with Gasteiger partial charge in [-0.25, -0.2) is 10.4 Å². The van der Waals surface area contributed by atoms with Crippen molar-refractivity contribution < 1.29 is 4.79 Å². The van der Waals surface area contributed by atoms with Gasteiger partial charge in [-0.1, -0.05) is 48.5 Å². The minimum absolute atomic E-state index is 0.171. The van der Waals surface area contributed by atoms with E-state index in [2.05, 4.69) is 22.7 Å². The first-order valence-corrected chi connectivity index (χ1v) is 9.51. The van der Waals surface area contributed by atoms with Crippen LogP contribution in [0.2, 0.25) is 0 Å². The molecule has 0 aliphatic carbocycles. The van der Waals surface area contributed by atoms with Crippen molar-refractivity contribution in [3.05, 3.63) is 88.4 Å². The third-order valence-electron chi connectivity index (χ3n) is 4.16. The molecular weight excluding hydrogens is 356 g/mol. The van der Waals surface area contributed by atoms with Gasteiger partial charge < -0.3 is 4.57 Å². The molecule has 0 saturated carbocycles. The Balaban J connectivity index is 1.56. The van der Waals surface area contributed by atoms with Crippen molar-refractivity contribution in [3.8, 4) is 0 Å². The van der Waals surface area contributed by atoms with Crippen LogP contribution in [0.25, 0.3) is 11.0 Å². The number of aromatic nitrogens is 2. The Morgan fingerprint density at radius 1 is 1.07 bits per heavy atom. The number of para-hydroxylation sites is 2. The van der Waals surface area contributed by atoms with Crippen molar-refractivity contribution in [3.63, 3.8) is 0 Å². The van der Waals surface area contributed by atoms with Gasteiger partial charge in [0.1, 0.15) is 12.4 Å². The Morgan fingerprint density at radius 3 is 2.70 bits per heavy atom. The van der Waals surface area contributed by atoms with Crippen LogP contribution in [-0.4, -0.2) is 21.7 Å². The number of nitrogens with one attached hydrogen (secondary N) is 1. The molecule has 2 aromatic carbocycles. The highest BCUT2D eigenvalue weighted by molar-refractivity contribution is 7.11. The Labute approximate surface area is 161 Å². The number of carbonyl (C=O) groups is 1. The summed E-state index contributed by atoms with van der Waals surface area (Å²) in [5.74, 6) is 0.681. The lowest BCUT2D eigenvalue weighted by Crippen LogP contribution is -2.24. The number of imidazole rings is 1. The van der Waals surface area contributed by atoms with Crippen LogP contribution >= 0.6 is 11.3 Å². The predicted molar refractivity (Wildman–Crippen MR) is 109 cm³/mol. The van der Waals surface area contributed by atoms with Crippen LogP contribution in [-0.2, 0) is 17.8 Å². The van der Waals surface area contributed by atoms with Gasteiger partial charge in [0.25, 0.3) is 5.91 Å². The normalized spacial score (nSPS) is 11.3. The summed E-state index contributed by atoms with van der Waals surface area (Å²) in [5.41, 5.74) is 5.59. The van der Waals surface area contributed by atoms with Crippen LogP contribution in [0.3, 0.4) is 0 Å². The van der Waals surface area contributed by atoms with Crippen molar-refractivity contribution in [2.75, 3.05) is 0 Å². The summed E-state index contributed by atoms with van der Waals surface area (Å²) in [5, 5.41) is 6.01. The first-order valence-electron chi connectivity index (χ1n) is 8.63. The molecule has 0 bridgehead atoms. The van der Waals surface area contributed by atoms with Crippen LogP contribution in [0.4, 0.5) is 0 Å². The van der Waals surface area contributed by atoms with Crippen LogP contribution in [0, 0.1) is 0 Å². The molecular formula is C21H18N4OS. The molecule has 5 nitrogen and oxygen atoms in total. The number of amides is 1. The fourth-order valence-electron chi connectivity index (χ4n) is 2.93. The number of hydrogen-bond donors (Lipinski definition) is 1. The molecule has 4 rings (SSSR count). The Bertz CT molecular complexity index is 1070. The average Bonchev–Trinajstić information content (AvgIpc) is 3.31. The highest BCUT2D eigenvalue weighted by atomic mass is 32.1. The summed E-state index contributed by atoms with van der Waals surface area (Å²) in [6.45, 7) is 0.171. The second kappa shape index (κ2) is 7.97. The molecule has 0 unspecified atom stereocenters. The van der Waals surface area contributed by atoms with Gasteiger partial charge in [-0.2, -0.15) is 5.10 Å². The zero-order valence-electron chi connectivity index (χ0n) is 14.6. The van der Waals surface area contributed by atoms with Gasteiger partial charge in [0.05, 0.1) is 17.2 Å². The van der Waals surface area contributed by atoms with Crippen molar-refractivity contribution >= 4 is 34.5 Å². The molecule has 1 N–H and O–H groups in total. The summed E-state index contributed by atoms with van der Waals surface area (Å²) in [6.07, 6.45) is 2.32. The SMILES string of the molecule is O=C(Cn1c(Cc2ccccc2)nc2ccccc21)N/N=C/c1cccs1. The maximum Gasteiger partial charge on any atom is 0.260 e. The Morgan fingerprint density at radius 2 is 1.89 bits per heavy atom. The van der Waals surface area contributed by atoms with Crippen molar-refractivity contribution in [2.45, 2.75) is 13.0 Å². The molecule has 0 atom stereocenters. The average molecular weight is 374 g/mol. The van der Waals surface area contributed by atoms with E-state index in [1.165, 1.54) is 0 Å². The van der Waals surface area contributed by atoms with Gasteiger partial charge in [-0.3, -0.25) is 4.79 Å². The van der Waals surface area contributed by atoms with Gasteiger partial charge in [-0.05, 0) is 29.1 Å². The standard InChI is InChI=1S/C21H18N4OS/c26-21(24-22-14-17-9-6-12-27-17)15-25-19-11-5-4-10-18(19)23-20(25)13-16-7-2-1-3-8-16/h1-12,14H,13,15H2,(H,24,26)/b22-14+. The monoisotopic (exact) mass is 374 g/mol. The number of hydrogen-bond acceptors (Lipinski definition) is 4. The molecule has 6 heteroatoms. The Hall–Kier alpha value is -3.25. The maximum atomic E-state index is 12.4. The zero-order valence-corrected chi connectivity index (χ0v) is 15.4. The van der Waals surface area contributed by atoms with Crippen molar-refractivity contribution in [1.82, 2.24) is 15.0 Å². The van der Waals surface area contributed by atoms with Gasteiger partial charge in [0.15, 0.2) is 0 Å². The number of thiophene rings is 1. The lowest BCUT2D eigenvalue weighted by atomic mass is 10.1. The first-order chi connectivity index (χ1) is 13.3. The van der Waals surface area contributed by atoms with Gasteiger partial charge in [0, 0.05) is 11.3 Å². The number of hydrazone groups is 1. The highest BCUT2D eigenvalue weighted by Gasteiger charge is 2.13. The minimum atomic E-state index is -0.180. The van der Waals surface area contributed by atoms with Gasteiger partial charge in [0.2, 0.25) is 0 Å². The fraction of sp³-hybridized carbons (Fsp3) is 0.0952. The molecule has 4 aromatic rings. The molecule has 0 saturated heterocycles. The second-order valence-electron chi connectivity index (χ2n) is 6.07.